The molecule has 0 atom stereocenters. The van der Waals surface area contributed by atoms with E-state index in [1.54, 1.807) is 0 Å². The van der Waals surface area contributed by atoms with Gasteiger partial charge in [0.15, 0.2) is 0 Å². The van der Waals surface area contributed by atoms with Gasteiger partial charge >= 0.3 is 65.8 Å². The molecule has 0 aromatic heterocycles. The van der Waals surface area contributed by atoms with Gasteiger partial charge in [0.1, 0.15) is 0 Å². The Morgan fingerprint density at radius 1 is 0.343 bits per heavy atom. The average Bonchev–Trinajstić information content (AvgIpc) is 2.58. The van der Waals surface area contributed by atoms with Gasteiger partial charge in [0, 0.05) is 0 Å². The molecule has 0 unspecified atom stereocenters. The molecule has 212 valence electrons. The van der Waals surface area contributed by atoms with Gasteiger partial charge in [0.25, 0.3) is 0 Å². The summed E-state index contributed by atoms with van der Waals surface area (Å²) in [5.41, 5.74) is -6.92. The van der Waals surface area contributed by atoms with Crippen LogP contribution in [0.1, 0.15) is 0 Å². The fraction of sp³-hybridized carbons (Fsp3) is 1.00. The molecule has 24 heteroatoms. The lowest BCUT2D eigenvalue weighted by molar-refractivity contribution is -0.472. The van der Waals surface area contributed by atoms with E-state index in [0.717, 1.165) is 0 Å². The highest BCUT2D eigenvalue weighted by Crippen LogP contribution is 2.66. The number of halogens is 23. The molecule has 0 amide bonds. The van der Waals surface area contributed by atoms with Gasteiger partial charge in [-0.25, -0.2) is 8.78 Å². The molecule has 0 radical (unpaired) electrons. The van der Waals surface area contributed by atoms with Crippen LogP contribution in [-0.4, -0.2) is 65.8 Å². The molecule has 0 aromatic rings. The Hall–Kier alpha value is -0.673. The Bertz CT molecular complexity index is 726. The van der Waals surface area contributed by atoms with Gasteiger partial charge in [-0.2, -0.15) is 83.4 Å². The van der Waals surface area contributed by atoms with E-state index in [1.165, 1.54) is 0 Å². The van der Waals surface area contributed by atoms with E-state index >= 15 is 0 Å². The monoisotopic (exact) mass is 632 g/mol. The number of rotatable bonds is 9. The Kier molecular flexibility index (Phi) is 8.00. The van der Waals surface area contributed by atoms with Crippen LogP contribution in [0.2, 0.25) is 6.55 Å². The molecule has 0 aliphatic heterocycles. The first-order chi connectivity index (χ1) is 14.5. The molecular weight excluding hydrogens is 630 g/mol. The maximum Gasteiger partial charge on any atom is 0.460 e. The summed E-state index contributed by atoms with van der Waals surface area (Å²) in [5, 5.41) is 0. The molecule has 0 rings (SSSR count). The number of hydrogen-bond donors (Lipinski definition) is 0. The topological polar surface area (TPSA) is 0 Å². The van der Waals surface area contributed by atoms with Gasteiger partial charge in [-0.05, 0) is 6.55 Å². The molecule has 0 fully saturated rings. The Balaban J connectivity index is 7.15. The van der Waals surface area contributed by atoms with Crippen LogP contribution in [0.4, 0.5) is 92.2 Å². The molecule has 0 spiro atoms. The largest absolute Gasteiger partial charge is 0.460 e. The predicted octanol–water partition coefficient (Wildman–Crippen LogP) is 8.36. The van der Waals surface area contributed by atoms with Gasteiger partial charge in [-0.3, -0.25) is 0 Å². The third-order valence-electron chi connectivity index (χ3n) is 4.06. The zero-order valence-corrected chi connectivity index (χ0v) is 17.7. The van der Waals surface area contributed by atoms with Crippen LogP contribution >= 0.6 is 22.2 Å². The summed E-state index contributed by atoms with van der Waals surface area (Å²) in [6.07, 6.45) is -8.01. The minimum atomic E-state index is -9.20. The Morgan fingerprint density at radius 3 is 0.686 bits per heavy atom. The fourth-order valence-corrected chi connectivity index (χ4v) is 3.25. The second kappa shape index (κ2) is 8.16. The van der Waals surface area contributed by atoms with Crippen molar-refractivity contribution in [2.24, 2.45) is 0 Å². The van der Waals surface area contributed by atoms with Crippen molar-refractivity contribution in [1.29, 1.82) is 0 Å². The van der Waals surface area contributed by atoms with Crippen molar-refractivity contribution in [3.8, 4) is 0 Å². The molecule has 35 heavy (non-hydrogen) atoms. The van der Waals surface area contributed by atoms with Crippen molar-refractivity contribution >= 4 is 28.9 Å². The first-order valence-corrected chi connectivity index (χ1v) is 11.9. The minimum Gasteiger partial charge on any atom is -0.201 e. The quantitative estimate of drug-likeness (QED) is 0.136. The van der Waals surface area contributed by atoms with Gasteiger partial charge in [0.2, 0.25) is 0 Å². The van der Waals surface area contributed by atoms with Crippen LogP contribution < -0.4 is 0 Å². The number of hydrogen-bond acceptors (Lipinski definition) is 0. The highest BCUT2D eigenvalue weighted by molar-refractivity contribution is 7.46. The van der Waals surface area contributed by atoms with Crippen molar-refractivity contribution in [1.82, 2.24) is 0 Å². The van der Waals surface area contributed by atoms with Gasteiger partial charge in [-0.15, -0.1) is 22.2 Å². The summed E-state index contributed by atoms with van der Waals surface area (Å²) in [7, 11) is 0. The Morgan fingerprint density at radius 2 is 0.514 bits per heavy atom. The van der Waals surface area contributed by atoms with Crippen molar-refractivity contribution in [3.63, 3.8) is 0 Å². The minimum absolute atomic E-state index is 0.459. The van der Waals surface area contributed by atoms with Crippen LogP contribution in [0.3, 0.4) is 0 Å². The van der Waals surface area contributed by atoms with E-state index in [4.69, 9.17) is 0 Å². The van der Waals surface area contributed by atoms with Gasteiger partial charge < -0.3 is 0 Å². The van der Waals surface area contributed by atoms with Crippen LogP contribution in [-0.2, 0) is 0 Å². The van der Waals surface area contributed by atoms with Crippen LogP contribution in [0.25, 0.3) is 0 Å². The highest BCUT2D eigenvalue weighted by Gasteiger charge is 2.98. The number of alkyl halides is 21. The molecule has 0 aliphatic rings. The zero-order chi connectivity index (χ0) is 29.5. The molecule has 0 N–H and O–H groups in total. The zero-order valence-electron chi connectivity index (χ0n) is 15.2. The van der Waals surface area contributed by atoms with E-state index in [2.05, 4.69) is 22.2 Å². The average molecular weight is 633 g/mol. The molecule has 0 aromatic carbocycles. The molecule has 0 heterocycles. The third-order valence-corrected chi connectivity index (χ3v) is 6.90. The van der Waals surface area contributed by atoms with E-state index in [-0.39, 0.29) is 0 Å². The summed E-state index contributed by atoms with van der Waals surface area (Å²) in [5.74, 6) is -70.6. The van der Waals surface area contributed by atoms with Gasteiger partial charge in [-0.1, -0.05) is 0 Å². The standard InChI is InChI=1S/C11H3Cl2F21Si/c1-35(12,13)11(33,34)9(28,29)7(24,25)5(20,21)3(16,17)2(14,15)4(18,19)6(22,23)8(26,27)10(30,31)32/h1H3. The summed E-state index contributed by atoms with van der Waals surface area (Å²) < 4.78 is 275. The first kappa shape index (κ1) is 34.3. The lowest BCUT2D eigenvalue weighted by Crippen LogP contribution is -2.77. The Labute approximate surface area is 187 Å². The maximum atomic E-state index is 13.5. The summed E-state index contributed by atoms with van der Waals surface area (Å²) in [4.78, 5) is 0. The van der Waals surface area contributed by atoms with Crippen LogP contribution in [0, 0.1) is 0 Å². The van der Waals surface area contributed by atoms with Gasteiger partial charge in [0.05, 0.1) is 0 Å². The van der Waals surface area contributed by atoms with Crippen molar-refractivity contribution < 1.29 is 92.2 Å². The van der Waals surface area contributed by atoms with Crippen molar-refractivity contribution in [2.75, 3.05) is 0 Å². The molecule has 0 aliphatic carbocycles. The normalized spacial score (nSPS) is 17.1. The maximum absolute atomic E-state index is 13.5. The summed E-state index contributed by atoms with van der Waals surface area (Å²) in [6, 6.07) is 0. The smallest absolute Gasteiger partial charge is 0.201 e. The van der Waals surface area contributed by atoms with E-state index < -0.39 is 72.3 Å². The molecular formula is C11H3Cl2F21Si. The second-order valence-electron chi connectivity index (χ2n) is 6.56. The molecule has 0 saturated carbocycles. The summed E-state index contributed by atoms with van der Waals surface area (Å²) >= 11 is 8.89. The molecule has 0 nitrogen and oxygen atoms in total. The predicted molar refractivity (Wildman–Crippen MR) is 73.9 cm³/mol. The fourth-order valence-electron chi connectivity index (χ4n) is 1.83. The second-order valence-corrected chi connectivity index (χ2v) is 14.1. The van der Waals surface area contributed by atoms with Crippen molar-refractivity contribution in [2.45, 2.75) is 65.6 Å². The highest BCUT2D eigenvalue weighted by atomic mass is 35.7. The summed E-state index contributed by atoms with van der Waals surface area (Å²) in [6.45, 7) is -6.76. The van der Waals surface area contributed by atoms with E-state index in [9.17, 15) is 92.2 Å². The lowest BCUT2D eigenvalue weighted by atomic mass is 9.87. The molecule has 0 saturated heterocycles. The van der Waals surface area contributed by atoms with E-state index in [0.29, 0.717) is 0 Å². The van der Waals surface area contributed by atoms with Crippen molar-refractivity contribution in [3.05, 3.63) is 0 Å². The molecule has 0 bridgehead atoms. The third kappa shape index (κ3) is 4.10. The SMILES string of the molecule is C[Si](Cl)(Cl)C(F)(F)C(F)(F)C(F)(F)C(F)(F)C(F)(F)C(F)(F)C(F)(F)C(F)(F)C(F)(F)C(F)(F)F. The lowest BCUT2D eigenvalue weighted by Gasteiger charge is -2.45. The van der Waals surface area contributed by atoms with Crippen LogP contribution in [0.5, 0.6) is 0 Å². The van der Waals surface area contributed by atoms with Crippen LogP contribution in [0.15, 0.2) is 0 Å². The first-order valence-electron chi connectivity index (χ1n) is 7.35. The van der Waals surface area contributed by atoms with E-state index in [1.807, 2.05) is 0 Å².